The van der Waals surface area contributed by atoms with E-state index in [1.165, 1.54) is 11.8 Å². The number of carbonyl (C=O) groups excluding carboxylic acids is 1. The van der Waals surface area contributed by atoms with E-state index in [-0.39, 0.29) is 11.2 Å². The van der Waals surface area contributed by atoms with E-state index >= 15 is 0 Å². The largest absolute Gasteiger partial charge is 0.424 e. The van der Waals surface area contributed by atoms with Gasteiger partial charge in [-0.2, -0.15) is 0 Å². The highest BCUT2D eigenvalue weighted by atomic mass is 35.5. The fraction of sp³-hybridized carbons (Fsp3) is 0.188. The van der Waals surface area contributed by atoms with Crippen LogP contribution in [-0.4, -0.2) is 11.2 Å². The van der Waals surface area contributed by atoms with Crippen LogP contribution in [0.3, 0.4) is 0 Å². The molecule has 2 nitrogen and oxygen atoms in total. The van der Waals surface area contributed by atoms with Crippen molar-refractivity contribution < 1.29 is 9.53 Å². The van der Waals surface area contributed by atoms with Crippen molar-refractivity contribution in [3.63, 3.8) is 0 Å². The Kier molecular flexibility index (Phi) is 5.10. The fourth-order valence-corrected chi connectivity index (χ4v) is 2.65. The molecule has 2 aromatic rings. The standard InChI is InChI=1S/C16H15ClO2S/c1-11-8-9-14(17)15(10-11)19-16(18)12(2)20-13-6-4-3-5-7-13/h3-10,12H,1-2H3. The lowest BCUT2D eigenvalue weighted by Crippen LogP contribution is -2.20. The number of benzene rings is 2. The van der Waals surface area contributed by atoms with Gasteiger partial charge in [-0.3, -0.25) is 4.79 Å². The third-order valence-electron chi connectivity index (χ3n) is 2.69. The molecule has 0 aliphatic rings. The van der Waals surface area contributed by atoms with E-state index in [0.717, 1.165) is 10.5 Å². The Balaban J connectivity index is 2.02. The molecule has 0 saturated heterocycles. The van der Waals surface area contributed by atoms with Crippen LogP contribution >= 0.6 is 23.4 Å². The maximum Gasteiger partial charge on any atom is 0.324 e. The Hall–Kier alpha value is -1.45. The summed E-state index contributed by atoms with van der Waals surface area (Å²) in [5.74, 6) is 0.114. The summed E-state index contributed by atoms with van der Waals surface area (Å²) in [6, 6.07) is 15.1. The third kappa shape index (κ3) is 4.02. The van der Waals surface area contributed by atoms with Crippen LogP contribution in [-0.2, 0) is 4.79 Å². The van der Waals surface area contributed by atoms with Gasteiger partial charge in [0.1, 0.15) is 11.0 Å². The first-order chi connectivity index (χ1) is 9.56. The first-order valence-electron chi connectivity index (χ1n) is 6.26. The van der Waals surface area contributed by atoms with E-state index in [0.29, 0.717) is 10.8 Å². The van der Waals surface area contributed by atoms with E-state index < -0.39 is 0 Å². The van der Waals surface area contributed by atoms with Gasteiger partial charge in [-0.05, 0) is 43.7 Å². The zero-order chi connectivity index (χ0) is 14.5. The van der Waals surface area contributed by atoms with Crippen LogP contribution < -0.4 is 4.74 Å². The first-order valence-corrected chi connectivity index (χ1v) is 7.51. The second kappa shape index (κ2) is 6.82. The Morgan fingerprint density at radius 2 is 1.90 bits per heavy atom. The van der Waals surface area contributed by atoms with E-state index in [9.17, 15) is 4.79 Å². The fourth-order valence-electron chi connectivity index (χ4n) is 1.63. The number of hydrogen-bond acceptors (Lipinski definition) is 3. The number of ether oxygens (including phenoxy) is 1. The molecule has 0 radical (unpaired) electrons. The molecule has 2 aromatic carbocycles. The second-order valence-electron chi connectivity index (χ2n) is 4.43. The van der Waals surface area contributed by atoms with Crippen molar-refractivity contribution in [1.29, 1.82) is 0 Å². The minimum atomic E-state index is -0.300. The summed E-state index contributed by atoms with van der Waals surface area (Å²) >= 11 is 7.48. The van der Waals surface area contributed by atoms with E-state index in [1.807, 2.05) is 50.2 Å². The molecule has 0 amide bonds. The van der Waals surface area contributed by atoms with Crippen molar-refractivity contribution in [2.24, 2.45) is 0 Å². The Labute approximate surface area is 128 Å². The first kappa shape index (κ1) is 14.9. The highest BCUT2D eigenvalue weighted by Crippen LogP contribution is 2.28. The van der Waals surface area contributed by atoms with E-state index in [1.54, 1.807) is 12.1 Å². The summed E-state index contributed by atoms with van der Waals surface area (Å²) in [5, 5.41) is 0.148. The molecule has 0 aliphatic heterocycles. The van der Waals surface area contributed by atoms with E-state index in [4.69, 9.17) is 16.3 Å². The smallest absolute Gasteiger partial charge is 0.324 e. The lowest BCUT2D eigenvalue weighted by molar-refractivity contribution is -0.133. The van der Waals surface area contributed by atoms with Crippen LogP contribution in [0, 0.1) is 6.92 Å². The van der Waals surface area contributed by atoms with E-state index in [2.05, 4.69) is 0 Å². The van der Waals surface area contributed by atoms with Crippen LogP contribution in [0.1, 0.15) is 12.5 Å². The minimum Gasteiger partial charge on any atom is -0.424 e. The molecule has 1 atom stereocenters. The number of hydrogen-bond donors (Lipinski definition) is 0. The number of thioether (sulfide) groups is 1. The Morgan fingerprint density at radius 1 is 1.20 bits per heavy atom. The maximum absolute atomic E-state index is 12.1. The lowest BCUT2D eigenvalue weighted by Gasteiger charge is -2.12. The normalized spacial score (nSPS) is 11.9. The molecule has 0 fully saturated rings. The van der Waals surface area contributed by atoms with Crippen molar-refractivity contribution >= 4 is 29.3 Å². The van der Waals surface area contributed by atoms with Crippen LogP contribution in [0.4, 0.5) is 0 Å². The maximum atomic E-state index is 12.1. The molecule has 0 aromatic heterocycles. The van der Waals surface area contributed by atoms with Gasteiger partial charge in [-0.15, -0.1) is 11.8 Å². The van der Waals surface area contributed by atoms with Gasteiger partial charge in [0.25, 0.3) is 0 Å². The quantitative estimate of drug-likeness (QED) is 0.464. The van der Waals surface area contributed by atoms with Gasteiger partial charge in [0, 0.05) is 4.90 Å². The number of aryl methyl sites for hydroxylation is 1. The van der Waals surface area contributed by atoms with Crippen LogP contribution in [0.2, 0.25) is 5.02 Å². The van der Waals surface area contributed by atoms with Gasteiger partial charge in [0.15, 0.2) is 0 Å². The molecule has 0 N–H and O–H groups in total. The molecule has 1 unspecified atom stereocenters. The highest BCUT2D eigenvalue weighted by molar-refractivity contribution is 8.00. The number of esters is 1. The predicted octanol–water partition coefficient (Wildman–Crippen LogP) is 4.73. The van der Waals surface area contributed by atoms with Crippen LogP contribution in [0.25, 0.3) is 0 Å². The average molecular weight is 307 g/mol. The number of halogens is 1. The molecule has 0 bridgehead atoms. The molecular weight excluding hydrogens is 292 g/mol. The Morgan fingerprint density at radius 3 is 2.60 bits per heavy atom. The van der Waals surface area contributed by atoms with Gasteiger partial charge >= 0.3 is 5.97 Å². The van der Waals surface area contributed by atoms with Crippen LogP contribution in [0.15, 0.2) is 53.4 Å². The summed E-state index contributed by atoms with van der Waals surface area (Å²) in [7, 11) is 0. The van der Waals surface area contributed by atoms with Gasteiger partial charge in [0.05, 0.1) is 5.02 Å². The average Bonchev–Trinajstić information content (AvgIpc) is 2.44. The van der Waals surface area contributed by atoms with Crippen molar-refractivity contribution in [2.75, 3.05) is 0 Å². The van der Waals surface area contributed by atoms with Crippen molar-refractivity contribution in [1.82, 2.24) is 0 Å². The lowest BCUT2D eigenvalue weighted by atomic mass is 10.2. The second-order valence-corrected chi connectivity index (χ2v) is 6.25. The molecule has 4 heteroatoms. The summed E-state index contributed by atoms with van der Waals surface area (Å²) in [4.78, 5) is 13.1. The summed E-state index contributed by atoms with van der Waals surface area (Å²) in [5.41, 5.74) is 1.00. The molecule has 2 rings (SSSR count). The number of carbonyl (C=O) groups is 1. The Bertz CT molecular complexity index is 599. The summed E-state index contributed by atoms with van der Waals surface area (Å²) in [6.45, 7) is 3.75. The molecule has 0 saturated carbocycles. The van der Waals surface area contributed by atoms with Gasteiger partial charge in [-0.25, -0.2) is 0 Å². The van der Waals surface area contributed by atoms with Crippen LogP contribution in [0.5, 0.6) is 5.75 Å². The SMILES string of the molecule is Cc1ccc(Cl)c(OC(=O)C(C)Sc2ccccc2)c1. The summed E-state index contributed by atoms with van der Waals surface area (Å²) in [6.07, 6.45) is 0. The predicted molar refractivity (Wildman–Crippen MR) is 83.6 cm³/mol. The molecular formula is C16H15ClO2S. The topological polar surface area (TPSA) is 26.3 Å². The summed E-state index contributed by atoms with van der Waals surface area (Å²) < 4.78 is 5.37. The van der Waals surface area contributed by atoms with Crippen molar-refractivity contribution in [2.45, 2.75) is 24.0 Å². The minimum absolute atomic E-state index is 0.297. The third-order valence-corrected chi connectivity index (χ3v) is 4.09. The molecule has 0 aliphatic carbocycles. The van der Waals surface area contributed by atoms with Gasteiger partial charge < -0.3 is 4.74 Å². The molecule has 0 spiro atoms. The zero-order valence-electron chi connectivity index (χ0n) is 11.3. The van der Waals surface area contributed by atoms with Crippen molar-refractivity contribution in [3.05, 3.63) is 59.1 Å². The monoisotopic (exact) mass is 306 g/mol. The van der Waals surface area contributed by atoms with Gasteiger partial charge in [-0.1, -0.05) is 35.9 Å². The van der Waals surface area contributed by atoms with Gasteiger partial charge in [0.2, 0.25) is 0 Å². The zero-order valence-corrected chi connectivity index (χ0v) is 12.9. The van der Waals surface area contributed by atoms with Crippen molar-refractivity contribution in [3.8, 4) is 5.75 Å². The highest BCUT2D eigenvalue weighted by Gasteiger charge is 2.18. The molecule has 104 valence electrons. The number of rotatable bonds is 4. The molecule has 20 heavy (non-hydrogen) atoms. The molecule has 0 heterocycles.